The summed E-state index contributed by atoms with van der Waals surface area (Å²) in [6.45, 7) is 7.77. The first-order chi connectivity index (χ1) is 19.5. The number of carbonyl (C=O) groups is 1. The number of anilines is 1. The number of nitrogens with zero attached hydrogens (tertiary/aromatic N) is 3. The Morgan fingerprint density at radius 2 is 1.98 bits per heavy atom. The second-order valence-corrected chi connectivity index (χ2v) is 12.0. The van der Waals surface area contributed by atoms with E-state index in [1.165, 1.54) is 16.7 Å². The minimum atomic E-state index is -0.677. The van der Waals surface area contributed by atoms with E-state index < -0.39 is 11.4 Å². The Morgan fingerprint density at radius 3 is 2.80 bits per heavy atom. The van der Waals surface area contributed by atoms with Crippen LogP contribution in [0.3, 0.4) is 0 Å². The summed E-state index contributed by atoms with van der Waals surface area (Å²) in [6, 6.07) is 19.6. The number of aromatic nitrogens is 1. The van der Waals surface area contributed by atoms with Crippen molar-refractivity contribution in [2.45, 2.75) is 51.8 Å². The number of rotatable bonds is 7. The maximum atomic E-state index is 11.8. The summed E-state index contributed by atoms with van der Waals surface area (Å²) in [7, 11) is 0. The molecule has 3 aromatic rings. The van der Waals surface area contributed by atoms with Crippen molar-refractivity contribution in [3.05, 3.63) is 76.9 Å². The van der Waals surface area contributed by atoms with Crippen molar-refractivity contribution in [1.29, 1.82) is 0 Å². The van der Waals surface area contributed by atoms with Crippen molar-refractivity contribution in [2.24, 2.45) is 11.3 Å². The molecule has 4 aliphatic rings. The number of piperidine rings is 1. The van der Waals surface area contributed by atoms with Crippen molar-refractivity contribution in [2.75, 3.05) is 37.7 Å². The van der Waals surface area contributed by atoms with Crippen LogP contribution in [-0.2, 0) is 29.1 Å². The molecule has 0 radical (unpaired) electrons. The molecule has 40 heavy (non-hydrogen) atoms. The predicted molar refractivity (Wildman–Crippen MR) is 154 cm³/mol. The fraction of sp³-hybridized carbons (Fsp3) is 0.455. The summed E-state index contributed by atoms with van der Waals surface area (Å²) in [5, 5.41) is 9.69. The van der Waals surface area contributed by atoms with Crippen molar-refractivity contribution < 1.29 is 19.4 Å². The Bertz CT molecular complexity index is 1430. The van der Waals surface area contributed by atoms with E-state index in [2.05, 4.69) is 47.1 Å². The molecule has 1 saturated carbocycles. The van der Waals surface area contributed by atoms with Crippen LogP contribution in [0.25, 0.3) is 11.3 Å². The van der Waals surface area contributed by atoms with Crippen molar-refractivity contribution in [3.63, 3.8) is 0 Å². The number of carboxylic acids is 1. The van der Waals surface area contributed by atoms with Gasteiger partial charge in [0.15, 0.2) is 0 Å². The second kappa shape index (κ2) is 10.2. The highest BCUT2D eigenvalue weighted by Gasteiger charge is 2.65. The summed E-state index contributed by atoms with van der Waals surface area (Å²) in [4.78, 5) is 21.5. The monoisotopic (exact) mass is 539 g/mol. The normalized spacial score (nSPS) is 24.4. The summed E-state index contributed by atoms with van der Waals surface area (Å²) in [6.07, 6.45) is 4.14. The number of hydrogen-bond donors (Lipinski definition) is 1. The summed E-state index contributed by atoms with van der Waals surface area (Å²) in [5.74, 6) is 1.24. The lowest BCUT2D eigenvalue weighted by Crippen LogP contribution is -2.42. The van der Waals surface area contributed by atoms with Crippen molar-refractivity contribution >= 4 is 11.8 Å². The Hall–Kier alpha value is -3.42. The van der Waals surface area contributed by atoms with E-state index in [1.807, 2.05) is 24.3 Å². The van der Waals surface area contributed by atoms with Crippen molar-refractivity contribution in [3.8, 4) is 17.0 Å². The van der Waals surface area contributed by atoms with E-state index in [1.54, 1.807) is 0 Å². The van der Waals surface area contributed by atoms with Gasteiger partial charge in [0.25, 0.3) is 0 Å². The minimum Gasteiger partial charge on any atom is -0.488 e. The van der Waals surface area contributed by atoms with Crippen LogP contribution >= 0.6 is 0 Å². The molecule has 3 fully saturated rings. The Balaban J connectivity index is 1.06. The van der Waals surface area contributed by atoms with E-state index >= 15 is 0 Å². The Kier molecular flexibility index (Phi) is 6.51. The molecule has 0 amide bonds. The molecule has 7 rings (SSSR count). The number of ether oxygens (including phenoxy) is 2. The van der Waals surface area contributed by atoms with Gasteiger partial charge in [-0.2, -0.15) is 0 Å². The Labute approximate surface area is 235 Å². The lowest BCUT2D eigenvalue weighted by Gasteiger charge is -2.37. The van der Waals surface area contributed by atoms with E-state index in [-0.39, 0.29) is 5.92 Å². The zero-order valence-corrected chi connectivity index (χ0v) is 23.1. The summed E-state index contributed by atoms with van der Waals surface area (Å²) < 4.78 is 12.1. The van der Waals surface area contributed by atoms with Crippen LogP contribution in [0.5, 0.6) is 5.75 Å². The van der Waals surface area contributed by atoms with Gasteiger partial charge >= 0.3 is 5.97 Å². The molecule has 208 valence electrons. The number of fused-ring (bicyclic) bond motifs is 2. The number of aryl methyl sites for hydroxylation is 1. The highest BCUT2D eigenvalue weighted by Crippen LogP contribution is 2.58. The average molecular weight is 540 g/mol. The molecule has 7 nitrogen and oxygen atoms in total. The highest BCUT2D eigenvalue weighted by atomic mass is 16.5. The quantitative estimate of drug-likeness (QED) is 0.449. The number of carboxylic acid groups (broad SMARTS) is 1. The van der Waals surface area contributed by atoms with E-state index in [0.717, 1.165) is 86.9 Å². The molecule has 1 aliphatic carbocycles. The molecule has 3 aliphatic heterocycles. The lowest BCUT2D eigenvalue weighted by atomic mass is 9.95. The summed E-state index contributed by atoms with van der Waals surface area (Å²) in [5.41, 5.74) is 6.36. The van der Waals surface area contributed by atoms with Crippen LogP contribution in [0.4, 0.5) is 5.82 Å². The number of benzene rings is 2. The fourth-order valence-electron chi connectivity index (χ4n) is 7.02. The third-order valence-electron chi connectivity index (χ3n) is 9.52. The fourth-order valence-corrected chi connectivity index (χ4v) is 7.02. The molecule has 0 unspecified atom stereocenters. The predicted octanol–water partition coefficient (Wildman–Crippen LogP) is 5.08. The molecule has 2 saturated heterocycles. The van der Waals surface area contributed by atoms with Gasteiger partial charge in [0.1, 0.15) is 18.2 Å². The maximum absolute atomic E-state index is 11.8. The van der Waals surface area contributed by atoms with Gasteiger partial charge in [-0.3, -0.25) is 9.69 Å². The summed E-state index contributed by atoms with van der Waals surface area (Å²) >= 11 is 0. The SMILES string of the molecule is Cc1cccc(-c2cccc(N3C[C@@H]4C[C@]4(C(=O)O)C3)n2)c1OCc1ccc2c(c1)CCN(C1CCOCC1)C2. The lowest BCUT2D eigenvalue weighted by molar-refractivity contribution is -0.143. The van der Waals surface area contributed by atoms with Gasteiger partial charge in [0.2, 0.25) is 0 Å². The minimum absolute atomic E-state index is 0.231. The van der Waals surface area contributed by atoms with Gasteiger partial charge in [-0.1, -0.05) is 36.4 Å². The largest absolute Gasteiger partial charge is 0.488 e. The van der Waals surface area contributed by atoms with Crippen LogP contribution in [0.1, 0.15) is 41.5 Å². The molecule has 4 heterocycles. The van der Waals surface area contributed by atoms with Crippen LogP contribution in [0.2, 0.25) is 0 Å². The zero-order chi connectivity index (χ0) is 27.3. The number of para-hydroxylation sites is 1. The maximum Gasteiger partial charge on any atom is 0.311 e. The third kappa shape index (κ3) is 4.65. The first kappa shape index (κ1) is 25.5. The first-order valence-electron chi connectivity index (χ1n) is 14.6. The Morgan fingerprint density at radius 1 is 1.12 bits per heavy atom. The van der Waals surface area contributed by atoms with E-state index in [0.29, 0.717) is 19.2 Å². The molecule has 1 aromatic heterocycles. The zero-order valence-electron chi connectivity index (χ0n) is 23.1. The van der Waals surface area contributed by atoms with Gasteiger partial charge in [-0.15, -0.1) is 0 Å². The number of pyridine rings is 1. The molecule has 0 bridgehead atoms. The smallest absolute Gasteiger partial charge is 0.311 e. The number of aliphatic carboxylic acids is 1. The third-order valence-corrected chi connectivity index (χ3v) is 9.52. The standard InChI is InChI=1S/C33H37N3O4/c1-22-4-2-5-28(29-6-3-7-30(34-29)36-19-26-17-33(26,21-36)32(37)38)31(22)40-20-23-8-9-25-18-35(13-10-24(25)16-23)27-11-14-39-15-12-27/h2-9,16,26-27H,10-15,17-21H2,1H3,(H,37,38)/t26-,33-/m0/s1. The van der Waals surface area contributed by atoms with E-state index in [9.17, 15) is 9.90 Å². The molecule has 0 spiro atoms. The van der Waals surface area contributed by atoms with Gasteiger partial charge in [0, 0.05) is 51.0 Å². The molecule has 7 heteroatoms. The van der Waals surface area contributed by atoms with Gasteiger partial charge < -0.3 is 19.5 Å². The van der Waals surface area contributed by atoms with Gasteiger partial charge in [-0.05, 0) is 79.0 Å². The van der Waals surface area contributed by atoms with Crippen LogP contribution in [-0.4, -0.2) is 59.8 Å². The average Bonchev–Trinajstić information content (AvgIpc) is 3.57. The van der Waals surface area contributed by atoms with Gasteiger partial charge in [-0.25, -0.2) is 4.98 Å². The molecule has 1 N–H and O–H groups in total. The van der Waals surface area contributed by atoms with Crippen molar-refractivity contribution in [1.82, 2.24) is 9.88 Å². The number of hydrogen-bond acceptors (Lipinski definition) is 6. The first-order valence-corrected chi connectivity index (χ1v) is 14.6. The highest BCUT2D eigenvalue weighted by molar-refractivity contribution is 5.81. The van der Waals surface area contributed by atoms with Gasteiger partial charge in [0.05, 0.1) is 11.1 Å². The van der Waals surface area contributed by atoms with E-state index in [4.69, 9.17) is 14.5 Å². The topological polar surface area (TPSA) is 75.1 Å². The van der Waals surface area contributed by atoms with Crippen LogP contribution in [0.15, 0.2) is 54.6 Å². The molecular weight excluding hydrogens is 502 g/mol. The molecule has 2 atom stereocenters. The molecule has 2 aromatic carbocycles. The van der Waals surface area contributed by atoms with Crippen LogP contribution < -0.4 is 9.64 Å². The second-order valence-electron chi connectivity index (χ2n) is 12.0. The van der Waals surface area contributed by atoms with Crippen LogP contribution in [0, 0.1) is 18.3 Å². The molecular formula is C33H37N3O4.